The van der Waals surface area contributed by atoms with Gasteiger partial charge in [-0.2, -0.15) is 11.8 Å². The van der Waals surface area contributed by atoms with Crippen molar-refractivity contribution < 1.29 is 4.79 Å². The topological polar surface area (TPSA) is 59.8 Å². The van der Waals surface area contributed by atoms with Crippen molar-refractivity contribution in [2.75, 3.05) is 12.0 Å². The standard InChI is InChI=1S/C14H18N4OS/c1-11-15-6-7-18(11)13-9-12(3-5-16-13)10-17-14(19)4-8-20-2/h3,5-7,9H,4,8,10H2,1-2H3,(H,17,19). The van der Waals surface area contributed by atoms with Gasteiger partial charge in [-0.15, -0.1) is 0 Å². The molecule has 106 valence electrons. The third-order valence-corrected chi connectivity index (χ3v) is 3.52. The Morgan fingerprint density at radius 2 is 2.25 bits per heavy atom. The maximum Gasteiger partial charge on any atom is 0.221 e. The Morgan fingerprint density at radius 1 is 1.40 bits per heavy atom. The number of aryl methyl sites for hydroxylation is 1. The summed E-state index contributed by atoms with van der Waals surface area (Å²) in [4.78, 5) is 20.1. The van der Waals surface area contributed by atoms with Crippen LogP contribution in [0, 0.1) is 6.92 Å². The third kappa shape index (κ3) is 3.84. The number of aromatic nitrogens is 3. The van der Waals surface area contributed by atoms with Gasteiger partial charge in [0.2, 0.25) is 5.91 Å². The van der Waals surface area contributed by atoms with E-state index in [1.807, 2.05) is 36.1 Å². The summed E-state index contributed by atoms with van der Waals surface area (Å²) < 4.78 is 1.92. The lowest BCUT2D eigenvalue weighted by atomic mass is 10.2. The molecule has 20 heavy (non-hydrogen) atoms. The maximum absolute atomic E-state index is 11.6. The Morgan fingerprint density at radius 3 is 2.95 bits per heavy atom. The molecule has 0 aliphatic carbocycles. The van der Waals surface area contributed by atoms with Gasteiger partial charge in [0, 0.05) is 37.3 Å². The minimum Gasteiger partial charge on any atom is -0.352 e. The first kappa shape index (κ1) is 14.6. The summed E-state index contributed by atoms with van der Waals surface area (Å²) in [7, 11) is 0. The first-order valence-electron chi connectivity index (χ1n) is 6.41. The zero-order valence-electron chi connectivity index (χ0n) is 11.7. The average molecular weight is 290 g/mol. The molecular weight excluding hydrogens is 272 g/mol. The van der Waals surface area contributed by atoms with Crippen LogP contribution in [0.15, 0.2) is 30.7 Å². The van der Waals surface area contributed by atoms with Crippen LogP contribution in [0.1, 0.15) is 17.8 Å². The highest BCUT2D eigenvalue weighted by Gasteiger charge is 2.04. The van der Waals surface area contributed by atoms with Crippen molar-refractivity contribution in [3.05, 3.63) is 42.1 Å². The van der Waals surface area contributed by atoms with Gasteiger partial charge in [0.25, 0.3) is 0 Å². The molecular formula is C14H18N4OS. The van der Waals surface area contributed by atoms with Crippen LogP contribution in [0.5, 0.6) is 0 Å². The van der Waals surface area contributed by atoms with Crippen LogP contribution >= 0.6 is 11.8 Å². The lowest BCUT2D eigenvalue weighted by Gasteiger charge is -2.08. The summed E-state index contributed by atoms with van der Waals surface area (Å²) in [5.74, 6) is 2.63. The Bertz CT molecular complexity index is 582. The molecule has 0 unspecified atom stereocenters. The lowest BCUT2D eigenvalue weighted by Crippen LogP contribution is -2.23. The largest absolute Gasteiger partial charge is 0.352 e. The van der Waals surface area contributed by atoms with E-state index < -0.39 is 0 Å². The molecule has 2 aromatic rings. The van der Waals surface area contributed by atoms with Crippen molar-refractivity contribution in [2.24, 2.45) is 0 Å². The number of hydrogen-bond donors (Lipinski definition) is 1. The van der Waals surface area contributed by atoms with Crippen molar-refractivity contribution in [2.45, 2.75) is 19.9 Å². The van der Waals surface area contributed by atoms with Gasteiger partial charge in [0.15, 0.2) is 0 Å². The molecule has 0 aliphatic rings. The molecule has 1 N–H and O–H groups in total. The Labute approximate surface area is 122 Å². The molecule has 0 saturated heterocycles. The quantitative estimate of drug-likeness (QED) is 0.883. The highest BCUT2D eigenvalue weighted by molar-refractivity contribution is 7.98. The summed E-state index contributed by atoms with van der Waals surface area (Å²) in [6.07, 6.45) is 7.92. The van der Waals surface area contributed by atoms with Gasteiger partial charge in [0.1, 0.15) is 11.6 Å². The van der Waals surface area contributed by atoms with Gasteiger partial charge in [-0.3, -0.25) is 9.36 Å². The minimum atomic E-state index is 0.0801. The van der Waals surface area contributed by atoms with E-state index >= 15 is 0 Å². The molecule has 2 rings (SSSR count). The Hall–Kier alpha value is -1.82. The van der Waals surface area contributed by atoms with Crippen molar-refractivity contribution in [3.63, 3.8) is 0 Å². The monoisotopic (exact) mass is 290 g/mol. The second kappa shape index (κ2) is 7.09. The fourth-order valence-corrected chi connectivity index (χ4v) is 2.20. The lowest BCUT2D eigenvalue weighted by molar-refractivity contribution is -0.120. The number of pyridine rings is 1. The smallest absolute Gasteiger partial charge is 0.221 e. The van der Waals surface area contributed by atoms with Crippen LogP contribution < -0.4 is 5.32 Å². The van der Waals surface area contributed by atoms with Crippen LogP contribution in [-0.4, -0.2) is 32.5 Å². The summed E-state index contributed by atoms with van der Waals surface area (Å²) >= 11 is 1.67. The molecule has 0 spiro atoms. The van der Waals surface area contributed by atoms with Crippen LogP contribution in [0.25, 0.3) is 5.82 Å². The van der Waals surface area contributed by atoms with Crippen LogP contribution in [0.2, 0.25) is 0 Å². The number of carbonyl (C=O) groups excluding carboxylic acids is 1. The molecule has 2 heterocycles. The predicted molar refractivity (Wildman–Crippen MR) is 80.9 cm³/mol. The average Bonchev–Trinajstić information content (AvgIpc) is 2.89. The van der Waals surface area contributed by atoms with E-state index in [4.69, 9.17) is 0 Å². The van der Waals surface area contributed by atoms with Gasteiger partial charge in [0.05, 0.1) is 0 Å². The van der Waals surface area contributed by atoms with Crippen LogP contribution in [-0.2, 0) is 11.3 Å². The molecule has 2 aromatic heterocycles. The molecule has 0 atom stereocenters. The normalized spacial score (nSPS) is 10.5. The van der Waals surface area contributed by atoms with Gasteiger partial charge in [-0.05, 0) is 30.9 Å². The molecule has 0 bridgehead atoms. The number of carbonyl (C=O) groups is 1. The van der Waals surface area contributed by atoms with Gasteiger partial charge < -0.3 is 5.32 Å². The molecule has 0 aromatic carbocycles. The van der Waals surface area contributed by atoms with Crippen molar-refractivity contribution in [1.82, 2.24) is 19.9 Å². The molecule has 6 heteroatoms. The maximum atomic E-state index is 11.6. The summed E-state index contributed by atoms with van der Waals surface area (Å²) in [5.41, 5.74) is 1.03. The zero-order chi connectivity index (χ0) is 14.4. The van der Waals surface area contributed by atoms with Gasteiger partial charge in [-0.1, -0.05) is 0 Å². The number of nitrogens with one attached hydrogen (secondary N) is 1. The van der Waals surface area contributed by atoms with E-state index in [1.54, 1.807) is 24.2 Å². The number of thioether (sulfide) groups is 1. The first-order valence-corrected chi connectivity index (χ1v) is 7.81. The predicted octanol–water partition coefficient (Wildman–Crippen LogP) is 1.95. The van der Waals surface area contributed by atoms with E-state index in [1.165, 1.54) is 0 Å². The third-order valence-electron chi connectivity index (χ3n) is 2.91. The van der Waals surface area contributed by atoms with Crippen LogP contribution in [0.3, 0.4) is 0 Å². The number of hydrogen-bond acceptors (Lipinski definition) is 4. The van der Waals surface area contributed by atoms with E-state index in [0.29, 0.717) is 13.0 Å². The number of amides is 1. The second-order valence-corrected chi connectivity index (χ2v) is 5.37. The minimum absolute atomic E-state index is 0.0801. The fourth-order valence-electron chi connectivity index (χ4n) is 1.81. The van der Waals surface area contributed by atoms with E-state index in [0.717, 1.165) is 23.0 Å². The van der Waals surface area contributed by atoms with Crippen molar-refractivity contribution >= 4 is 17.7 Å². The van der Waals surface area contributed by atoms with Crippen LogP contribution in [0.4, 0.5) is 0 Å². The Kier molecular flexibility index (Phi) is 5.17. The molecule has 0 aliphatic heterocycles. The number of imidazole rings is 1. The summed E-state index contributed by atoms with van der Waals surface area (Å²) in [5, 5.41) is 2.92. The summed E-state index contributed by atoms with van der Waals surface area (Å²) in [6.45, 7) is 2.45. The first-order chi connectivity index (χ1) is 9.70. The highest BCUT2D eigenvalue weighted by atomic mass is 32.2. The van der Waals surface area contributed by atoms with Crippen molar-refractivity contribution in [1.29, 1.82) is 0 Å². The molecule has 0 fully saturated rings. The van der Waals surface area contributed by atoms with Gasteiger partial charge in [-0.25, -0.2) is 9.97 Å². The van der Waals surface area contributed by atoms with E-state index in [2.05, 4.69) is 15.3 Å². The molecule has 1 amide bonds. The number of nitrogens with zero attached hydrogens (tertiary/aromatic N) is 3. The van der Waals surface area contributed by atoms with E-state index in [-0.39, 0.29) is 5.91 Å². The molecule has 0 saturated carbocycles. The second-order valence-electron chi connectivity index (χ2n) is 4.39. The Balaban J connectivity index is 2.00. The molecule has 0 radical (unpaired) electrons. The molecule has 5 nitrogen and oxygen atoms in total. The zero-order valence-corrected chi connectivity index (χ0v) is 12.5. The van der Waals surface area contributed by atoms with Gasteiger partial charge >= 0.3 is 0 Å². The summed E-state index contributed by atoms with van der Waals surface area (Å²) in [6, 6.07) is 3.87. The number of rotatable bonds is 6. The fraction of sp³-hybridized carbons (Fsp3) is 0.357. The SMILES string of the molecule is CSCCC(=O)NCc1ccnc(-n2ccnc2C)c1. The highest BCUT2D eigenvalue weighted by Crippen LogP contribution is 2.09. The van der Waals surface area contributed by atoms with Crippen molar-refractivity contribution in [3.8, 4) is 5.82 Å². The van der Waals surface area contributed by atoms with E-state index in [9.17, 15) is 4.79 Å².